The zero-order valence-electron chi connectivity index (χ0n) is 17.3. The van der Waals surface area contributed by atoms with Crippen molar-refractivity contribution in [1.82, 2.24) is 4.31 Å². The van der Waals surface area contributed by atoms with Gasteiger partial charge in [0, 0.05) is 31.2 Å². The second-order valence-corrected chi connectivity index (χ2v) is 9.53. The van der Waals surface area contributed by atoms with Crippen LogP contribution >= 0.6 is 0 Å². The summed E-state index contributed by atoms with van der Waals surface area (Å²) in [5, 5.41) is 2.63. The summed E-state index contributed by atoms with van der Waals surface area (Å²) in [7, 11) is -3.74. The Morgan fingerprint density at radius 1 is 1.16 bits per heavy atom. The number of nitrogens with zero attached hydrogens (tertiary/aromatic N) is 2. The Hall–Kier alpha value is -2.91. The lowest BCUT2D eigenvalue weighted by Crippen LogP contribution is -2.44. The van der Waals surface area contributed by atoms with Gasteiger partial charge in [-0.15, -0.1) is 0 Å². The van der Waals surface area contributed by atoms with Gasteiger partial charge in [-0.05, 0) is 50.1 Å². The first-order chi connectivity index (χ1) is 14.9. The normalized spacial score (nSPS) is 17.4. The molecule has 164 valence electrons. The number of carbonyl (C=O) groups is 2. The minimum Gasteiger partial charge on any atom is -0.482 e. The van der Waals surface area contributed by atoms with Crippen molar-refractivity contribution in [2.75, 3.05) is 36.5 Å². The highest BCUT2D eigenvalue weighted by Gasteiger charge is 2.34. The van der Waals surface area contributed by atoms with E-state index in [1.807, 2.05) is 37.3 Å². The monoisotopic (exact) mass is 443 g/mol. The molecule has 2 aliphatic heterocycles. The molecule has 0 bridgehead atoms. The van der Waals surface area contributed by atoms with Crippen molar-refractivity contribution in [3.05, 3.63) is 48.5 Å². The van der Waals surface area contributed by atoms with E-state index in [0.29, 0.717) is 30.8 Å². The van der Waals surface area contributed by atoms with E-state index >= 15 is 0 Å². The number of amides is 2. The first kappa shape index (κ1) is 21.3. The molecule has 4 rings (SSSR count). The molecule has 9 heteroatoms. The van der Waals surface area contributed by atoms with Crippen molar-refractivity contribution in [2.24, 2.45) is 5.92 Å². The zero-order chi connectivity index (χ0) is 22.0. The standard InChI is InChI=1S/C22H25N3O5S/c1-2-25(17-6-4-3-5-7-17)22(27)16-10-12-24(13-11-16)31(28,29)18-8-9-20-19(14-18)23-21(26)15-30-20/h3-9,14,16H,2,10-13,15H2,1H3,(H,23,26). The maximum absolute atomic E-state index is 13.1. The number of benzene rings is 2. The summed E-state index contributed by atoms with van der Waals surface area (Å²) in [4.78, 5) is 26.4. The lowest BCUT2D eigenvalue weighted by Gasteiger charge is -2.33. The number of piperidine rings is 1. The average molecular weight is 444 g/mol. The summed E-state index contributed by atoms with van der Waals surface area (Å²) >= 11 is 0. The quantitative estimate of drug-likeness (QED) is 0.766. The molecule has 2 aromatic carbocycles. The van der Waals surface area contributed by atoms with E-state index in [1.54, 1.807) is 11.0 Å². The third-order valence-corrected chi connectivity index (χ3v) is 7.57. The SMILES string of the molecule is CCN(C(=O)C1CCN(S(=O)(=O)c2ccc3c(c2)NC(=O)CO3)CC1)c1ccccc1. The first-order valence-corrected chi connectivity index (χ1v) is 11.8. The van der Waals surface area contributed by atoms with Crippen LogP contribution in [0.2, 0.25) is 0 Å². The third-order valence-electron chi connectivity index (χ3n) is 5.67. The molecule has 31 heavy (non-hydrogen) atoms. The molecule has 1 saturated heterocycles. The number of hydrogen-bond donors (Lipinski definition) is 1. The second kappa shape index (κ2) is 8.68. The predicted octanol–water partition coefficient (Wildman–Crippen LogP) is 2.47. The smallest absolute Gasteiger partial charge is 0.262 e. The van der Waals surface area contributed by atoms with Gasteiger partial charge in [-0.1, -0.05) is 18.2 Å². The molecule has 0 unspecified atom stereocenters. The van der Waals surface area contributed by atoms with Crippen molar-refractivity contribution in [2.45, 2.75) is 24.7 Å². The molecule has 0 spiro atoms. The average Bonchev–Trinajstić information content (AvgIpc) is 2.79. The van der Waals surface area contributed by atoms with Crippen LogP contribution in [-0.2, 0) is 19.6 Å². The fourth-order valence-electron chi connectivity index (χ4n) is 4.01. The maximum Gasteiger partial charge on any atom is 0.262 e. The molecule has 2 heterocycles. The van der Waals surface area contributed by atoms with Gasteiger partial charge in [0.05, 0.1) is 10.6 Å². The second-order valence-electron chi connectivity index (χ2n) is 7.59. The highest BCUT2D eigenvalue weighted by atomic mass is 32.2. The Morgan fingerprint density at radius 2 is 1.87 bits per heavy atom. The summed E-state index contributed by atoms with van der Waals surface area (Å²) in [6.45, 7) is 2.95. The molecule has 0 aliphatic carbocycles. The number of hydrogen-bond acceptors (Lipinski definition) is 5. The van der Waals surface area contributed by atoms with Crippen LogP contribution in [0.25, 0.3) is 0 Å². The minimum atomic E-state index is -3.74. The van der Waals surface area contributed by atoms with Gasteiger partial charge in [-0.3, -0.25) is 9.59 Å². The molecule has 0 aromatic heterocycles. The van der Waals surface area contributed by atoms with Crippen LogP contribution in [0.3, 0.4) is 0 Å². The number of carbonyl (C=O) groups excluding carboxylic acids is 2. The molecule has 2 amide bonds. The molecule has 0 radical (unpaired) electrons. The molecular weight excluding hydrogens is 418 g/mol. The van der Waals surface area contributed by atoms with Gasteiger partial charge in [-0.25, -0.2) is 8.42 Å². The van der Waals surface area contributed by atoms with Crippen LogP contribution < -0.4 is 15.0 Å². The molecule has 1 N–H and O–H groups in total. The molecule has 0 saturated carbocycles. The summed E-state index contributed by atoms with van der Waals surface area (Å²) in [5.74, 6) is -0.0640. The largest absolute Gasteiger partial charge is 0.482 e. The van der Waals surface area contributed by atoms with Gasteiger partial charge in [-0.2, -0.15) is 4.31 Å². The van der Waals surface area contributed by atoms with E-state index in [-0.39, 0.29) is 42.3 Å². The Balaban J connectivity index is 1.45. The van der Waals surface area contributed by atoms with Gasteiger partial charge in [0.25, 0.3) is 5.91 Å². The minimum absolute atomic E-state index is 0.0272. The molecule has 1 fully saturated rings. The molecule has 2 aliphatic rings. The maximum atomic E-state index is 13.1. The van der Waals surface area contributed by atoms with E-state index in [1.165, 1.54) is 16.4 Å². The summed E-state index contributed by atoms with van der Waals surface area (Å²) in [6, 6.07) is 14.0. The van der Waals surface area contributed by atoms with Crippen molar-refractivity contribution >= 4 is 33.2 Å². The molecule has 2 aromatic rings. The Morgan fingerprint density at radius 3 is 2.55 bits per heavy atom. The zero-order valence-corrected chi connectivity index (χ0v) is 18.1. The number of para-hydroxylation sites is 1. The fraction of sp³-hybridized carbons (Fsp3) is 0.364. The predicted molar refractivity (Wildman–Crippen MR) is 117 cm³/mol. The van der Waals surface area contributed by atoms with Crippen molar-refractivity contribution in [3.63, 3.8) is 0 Å². The molecule has 8 nitrogen and oxygen atoms in total. The van der Waals surface area contributed by atoms with Crippen LogP contribution in [0.1, 0.15) is 19.8 Å². The Kier molecular flexibility index (Phi) is 5.97. The van der Waals surface area contributed by atoms with E-state index in [0.717, 1.165) is 5.69 Å². The van der Waals surface area contributed by atoms with Gasteiger partial charge >= 0.3 is 0 Å². The lowest BCUT2D eigenvalue weighted by atomic mass is 9.96. The third kappa shape index (κ3) is 4.28. The fourth-order valence-corrected chi connectivity index (χ4v) is 5.51. The van der Waals surface area contributed by atoms with Crippen molar-refractivity contribution in [3.8, 4) is 5.75 Å². The Labute approximate surface area is 181 Å². The van der Waals surface area contributed by atoms with Gasteiger partial charge in [0.2, 0.25) is 15.9 Å². The van der Waals surface area contributed by atoms with E-state index in [4.69, 9.17) is 4.74 Å². The molecule has 0 atom stereocenters. The first-order valence-electron chi connectivity index (χ1n) is 10.3. The van der Waals surface area contributed by atoms with Gasteiger partial charge in [0.1, 0.15) is 5.75 Å². The molecular formula is C22H25N3O5S. The van der Waals surface area contributed by atoms with Crippen LogP contribution in [0.5, 0.6) is 5.75 Å². The number of sulfonamides is 1. The number of nitrogens with one attached hydrogen (secondary N) is 1. The number of anilines is 2. The Bertz CT molecular complexity index is 1080. The van der Waals surface area contributed by atoms with Crippen LogP contribution in [-0.4, -0.2) is 50.8 Å². The van der Waals surface area contributed by atoms with Crippen molar-refractivity contribution < 1.29 is 22.7 Å². The van der Waals surface area contributed by atoms with E-state index in [2.05, 4.69) is 5.32 Å². The van der Waals surface area contributed by atoms with E-state index in [9.17, 15) is 18.0 Å². The van der Waals surface area contributed by atoms with Gasteiger partial charge in [0.15, 0.2) is 6.61 Å². The summed E-state index contributed by atoms with van der Waals surface area (Å²) in [5.41, 5.74) is 1.20. The van der Waals surface area contributed by atoms with Gasteiger partial charge < -0.3 is 15.0 Å². The summed E-state index contributed by atoms with van der Waals surface area (Å²) < 4.78 is 32.9. The van der Waals surface area contributed by atoms with Crippen LogP contribution in [0.15, 0.2) is 53.4 Å². The highest BCUT2D eigenvalue weighted by molar-refractivity contribution is 7.89. The van der Waals surface area contributed by atoms with Crippen LogP contribution in [0.4, 0.5) is 11.4 Å². The highest BCUT2D eigenvalue weighted by Crippen LogP contribution is 2.32. The lowest BCUT2D eigenvalue weighted by molar-refractivity contribution is -0.123. The number of fused-ring (bicyclic) bond motifs is 1. The van der Waals surface area contributed by atoms with Crippen molar-refractivity contribution in [1.29, 1.82) is 0 Å². The van der Waals surface area contributed by atoms with E-state index < -0.39 is 10.0 Å². The number of rotatable bonds is 5. The van der Waals surface area contributed by atoms with Crippen LogP contribution in [0, 0.1) is 5.92 Å². The topological polar surface area (TPSA) is 96.0 Å². The number of ether oxygens (including phenoxy) is 1. The summed E-state index contributed by atoms with van der Waals surface area (Å²) in [6.07, 6.45) is 0.929.